The van der Waals surface area contributed by atoms with Crippen molar-refractivity contribution in [3.8, 4) is 22.3 Å². The summed E-state index contributed by atoms with van der Waals surface area (Å²) in [6.45, 7) is 2.56. The fraction of sp³-hybridized carbons (Fsp3) is 0.172. The van der Waals surface area contributed by atoms with Gasteiger partial charge in [0.1, 0.15) is 0 Å². The second-order valence-corrected chi connectivity index (χ2v) is 16.9. The van der Waals surface area contributed by atoms with E-state index in [-0.39, 0.29) is 24.8 Å². The molecule has 3 aliphatic rings. The fourth-order valence-corrected chi connectivity index (χ4v) is 18.1. The Balaban J connectivity index is 0.00000108. The van der Waals surface area contributed by atoms with Crippen LogP contribution in [0.15, 0.2) is 97.1 Å². The van der Waals surface area contributed by atoms with Gasteiger partial charge in [0, 0.05) is 0 Å². The standard InChI is InChI=1S/2C13H9.C3H6.2ClH.Ti/c2*1-3-7-12-10(5-1)9-11-6-2-4-8-13(11)12;1-3-2;;;/h2*1-9H;3H,1H2,2H3;2*1H;/q;;;;;+2/p-2. The molecule has 32 heavy (non-hydrogen) atoms. The Labute approximate surface area is 206 Å². The minimum Gasteiger partial charge on any atom is -1.00 e. The van der Waals surface area contributed by atoms with Crippen LogP contribution in [-0.4, -0.2) is 0 Å². The van der Waals surface area contributed by atoms with Crippen LogP contribution in [0.3, 0.4) is 0 Å². The summed E-state index contributed by atoms with van der Waals surface area (Å²) in [6, 6.07) is 37.1. The Kier molecular flexibility index (Phi) is 5.42. The van der Waals surface area contributed by atoms with Gasteiger partial charge in [0.2, 0.25) is 0 Å². The third kappa shape index (κ3) is 2.74. The van der Waals surface area contributed by atoms with Gasteiger partial charge >= 0.3 is 182 Å². The van der Waals surface area contributed by atoms with Gasteiger partial charge in [0.25, 0.3) is 0 Å². The molecule has 0 radical (unpaired) electrons. The molecule has 0 nitrogen and oxygen atoms in total. The van der Waals surface area contributed by atoms with Gasteiger partial charge < -0.3 is 24.8 Å². The van der Waals surface area contributed by atoms with E-state index in [1.165, 1.54) is 27.0 Å². The summed E-state index contributed by atoms with van der Waals surface area (Å²) >= 11 is -2.37. The molecular weight excluding hydrogens is 467 g/mol. The van der Waals surface area contributed by atoms with Gasteiger partial charge in [-0.3, -0.25) is 0 Å². The van der Waals surface area contributed by atoms with E-state index in [1.807, 2.05) is 0 Å². The summed E-state index contributed by atoms with van der Waals surface area (Å²) in [5, 5.41) is 0. The van der Waals surface area contributed by atoms with Crippen LogP contribution >= 0.6 is 0 Å². The molecule has 4 aromatic rings. The van der Waals surface area contributed by atoms with Gasteiger partial charge in [-0.05, 0) is 0 Å². The zero-order chi connectivity index (χ0) is 19.9. The summed E-state index contributed by atoms with van der Waals surface area (Å²) in [5.41, 5.74) is 12.4. The molecule has 1 fully saturated rings. The second-order valence-electron chi connectivity index (χ2n) is 9.43. The SMILES string of the molecule is C[CH]1[CH2][Ti+2]1([CH]1c2ccccc2-c2ccccc21)[CH]1c2ccccc2-c2ccccc21.[Cl-].[Cl-]. The maximum absolute atomic E-state index is 2.56. The van der Waals surface area contributed by atoms with Crippen molar-refractivity contribution in [2.24, 2.45) is 0 Å². The number of halogens is 2. The molecule has 7 rings (SSSR count). The molecule has 0 aromatic heterocycles. The van der Waals surface area contributed by atoms with Crippen molar-refractivity contribution in [2.45, 2.75) is 24.3 Å². The maximum atomic E-state index is 2.56. The fourth-order valence-electron chi connectivity index (χ4n) is 6.91. The van der Waals surface area contributed by atoms with E-state index in [0.717, 1.165) is 4.22 Å². The molecule has 0 saturated carbocycles. The number of rotatable bonds is 2. The molecule has 4 aromatic carbocycles. The zero-order valence-corrected chi connectivity index (χ0v) is 21.0. The molecule has 1 saturated heterocycles. The summed E-state index contributed by atoms with van der Waals surface area (Å²) < 4.78 is 3.66. The van der Waals surface area contributed by atoms with Crippen LogP contribution in [0.4, 0.5) is 0 Å². The Bertz CT molecular complexity index is 1140. The number of fused-ring (bicyclic) bond motifs is 6. The van der Waals surface area contributed by atoms with Gasteiger partial charge in [0.15, 0.2) is 0 Å². The average molecular weight is 491 g/mol. The molecule has 1 unspecified atom stereocenters. The number of hydrogen-bond donors (Lipinski definition) is 0. The van der Waals surface area contributed by atoms with Gasteiger partial charge in [0.05, 0.1) is 0 Å². The second kappa shape index (κ2) is 7.89. The summed E-state index contributed by atoms with van der Waals surface area (Å²) in [5.74, 6) is 0. The zero-order valence-electron chi connectivity index (χ0n) is 17.9. The molecule has 1 atom stereocenters. The van der Waals surface area contributed by atoms with Gasteiger partial charge in [-0.2, -0.15) is 0 Å². The number of benzene rings is 4. The third-order valence-corrected chi connectivity index (χ3v) is 17.9. The van der Waals surface area contributed by atoms with E-state index >= 15 is 0 Å². The molecule has 1 heterocycles. The first-order valence-corrected chi connectivity index (χ1v) is 15.0. The van der Waals surface area contributed by atoms with E-state index in [4.69, 9.17) is 0 Å². The maximum Gasteiger partial charge on any atom is -1.00 e. The molecule has 1 aliphatic heterocycles. The summed E-state index contributed by atoms with van der Waals surface area (Å²) in [4.78, 5) is 0. The molecule has 2 aliphatic carbocycles. The van der Waals surface area contributed by atoms with Crippen molar-refractivity contribution >= 4 is 0 Å². The Morgan fingerprint density at radius 1 is 0.500 bits per heavy atom. The summed E-state index contributed by atoms with van der Waals surface area (Å²) in [7, 11) is 0. The molecule has 158 valence electrons. The smallest absolute Gasteiger partial charge is 1.00 e. The molecule has 0 amide bonds. The molecular formula is C29H24Cl2Ti. The minimum absolute atomic E-state index is 0. The van der Waals surface area contributed by atoms with Crippen molar-refractivity contribution in [1.82, 2.24) is 0 Å². The van der Waals surface area contributed by atoms with Gasteiger partial charge in [-0.15, -0.1) is 0 Å². The van der Waals surface area contributed by atoms with Crippen LogP contribution < -0.4 is 24.8 Å². The minimum atomic E-state index is -2.37. The topological polar surface area (TPSA) is 0 Å². The van der Waals surface area contributed by atoms with Crippen LogP contribution in [0.5, 0.6) is 0 Å². The van der Waals surface area contributed by atoms with Crippen LogP contribution in [0, 0.1) is 0 Å². The van der Waals surface area contributed by atoms with E-state index in [1.54, 1.807) is 22.3 Å². The van der Waals surface area contributed by atoms with Crippen molar-refractivity contribution in [3.63, 3.8) is 0 Å². The predicted molar refractivity (Wildman–Crippen MR) is 122 cm³/mol. The van der Waals surface area contributed by atoms with Crippen molar-refractivity contribution in [3.05, 3.63) is 119 Å². The first kappa shape index (κ1) is 22.0. The largest absolute Gasteiger partial charge is 1.00 e. The van der Waals surface area contributed by atoms with E-state index < -0.39 is 16.6 Å². The molecule has 0 bridgehead atoms. The van der Waals surface area contributed by atoms with Crippen molar-refractivity contribution in [1.29, 1.82) is 0 Å². The monoisotopic (exact) mass is 490 g/mol. The van der Waals surface area contributed by atoms with E-state index in [2.05, 4.69) is 104 Å². The van der Waals surface area contributed by atoms with Crippen LogP contribution in [0.2, 0.25) is 8.95 Å². The van der Waals surface area contributed by atoms with Crippen LogP contribution in [0.1, 0.15) is 37.6 Å². The Morgan fingerprint density at radius 2 is 0.750 bits per heavy atom. The Hall–Kier alpha value is -1.83. The first-order valence-electron chi connectivity index (χ1n) is 11.2. The normalized spacial score (nSPS) is 18.1. The molecule has 0 N–H and O–H groups in total. The van der Waals surface area contributed by atoms with Crippen LogP contribution in [0.25, 0.3) is 22.3 Å². The van der Waals surface area contributed by atoms with Crippen molar-refractivity contribution < 1.29 is 41.4 Å². The van der Waals surface area contributed by atoms with Gasteiger partial charge in [-0.1, -0.05) is 0 Å². The molecule has 3 heteroatoms. The first-order chi connectivity index (χ1) is 14.8. The predicted octanol–water partition coefficient (Wildman–Crippen LogP) is 1.93. The van der Waals surface area contributed by atoms with E-state index in [0.29, 0.717) is 8.45 Å². The molecule has 0 spiro atoms. The quantitative estimate of drug-likeness (QED) is 0.377. The number of hydrogen-bond acceptors (Lipinski definition) is 0. The van der Waals surface area contributed by atoms with Crippen LogP contribution in [-0.2, 0) is 16.6 Å². The third-order valence-electron chi connectivity index (χ3n) is 8.16. The summed E-state index contributed by atoms with van der Waals surface area (Å²) in [6.07, 6.45) is 0. The van der Waals surface area contributed by atoms with Gasteiger partial charge in [-0.25, -0.2) is 0 Å². The van der Waals surface area contributed by atoms with Crippen molar-refractivity contribution in [2.75, 3.05) is 0 Å². The average Bonchev–Trinajstić information content (AvgIpc) is 3.19. The van der Waals surface area contributed by atoms with E-state index in [9.17, 15) is 0 Å². The Morgan fingerprint density at radius 3 is 1.00 bits per heavy atom.